The van der Waals surface area contributed by atoms with Crippen LogP contribution in [-0.2, 0) is 0 Å². The smallest absolute Gasteiger partial charge is 0.329 e. The van der Waals surface area contributed by atoms with E-state index in [0.29, 0.717) is 16.8 Å². The van der Waals surface area contributed by atoms with Gasteiger partial charge in [-0.05, 0) is 69.4 Å². The molecule has 1 fully saturated rings. The molecule has 2 N–H and O–H groups in total. The summed E-state index contributed by atoms with van der Waals surface area (Å²) in [4.78, 5) is 25.8. The van der Waals surface area contributed by atoms with E-state index in [2.05, 4.69) is 5.32 Å². The highest BCUT2D eigenvalue weighted by atomic mass is 16.3. The van der Waals surface area contributed by atoms with Crippen molar-refractivity contribution in [3.8, 4) is 5.88 Å². The van der Waals surface area contributed by atoms with Gasteiger partial charge in [0.25, 0.3) is 0 Å². The van der Waals surface area contributed by atoms with Gasteiger partial charge in [0.2, 0.25) is 11.7 Å². The number of carbonyl (C=O) groups is 2. The van der Waals surface area contributed by atoms with Gasteiger partial charge < -0.3 is 14.8 Å². The molecule has 0 radical (unpaired) electrons. The fourth-order valence-electron chi connectivity index (χ4n) is 3.30. The van der Waals surface area contributed by atoms with Gasteiger partial charge >= 0.3 is 6.03 Å². The lowest BCUT2D eigenvalue weighted by Crippen LogP contribution is -2.42. The summed E-state index contributed by atoms with van der Waals surface area (Å²) in [6.07, 6.45) is 3.64. The normalized spacial score (nSPS) is 14.5. The second kappa shape index (κ2) is 6.01. The molecular formula is C21H22N2O4. The van der Waals surface area contributed by atoms with E-state index in [1.165, 1.54) is 6.26 Å². The summed E-state index contributed by atoms with van der Waals surface area (Å²) in [5.74, 6) is -0.217. The van der Waals surface area contributed by atoms with Gasteiger partial charge in [0.1, 0.15) is 0 Å². The molecule has 0 aliphatic heterocycles. The van der Waals surface area contributed by atoms with Crippen LogP contribution >= 0.6 is 0 Å². The molecule has 1 saturated carbocycles. The number of aromatic hydroxyl groups is 1. The van der Waals surface area contributed by atoms with Gasteiger partial charge in [0.05, 0.1) is 17.3 Å². The molecule has 27 heavy (non-hydrogen) atoms. The number of amides is 1. The minimum atomic E-state index is -0.487. The van der Waals surface area contributed by atoms with Gasteiger partial charge in [-0.25, -0.2) is 9.36 Å². The Morgan fingerprint density at radius 3 is 2.56 bits per heavy atom. The first-order valence-electron chi connectivity index (χ1n) is 9.04. The Kier molecular flexibility index (Phi) is 3.87. The van der Waals surface area contributed by atoms with Crippen molar-refractivity contribution < 1.29 is 19.1 Å². The van der Waals surface area contributed by atoms with Crippen molar-refractivity contribution >= 4 is 22.7 Å². The third kappa shape index (κ3) is 3.12. The zero-order valence-electron chi connectivity index (χ0n) is 15.6. The molecule has 2 aromatic heterocycles. The molecule has 2 heterocycles. The highest BCUT2D eigenvalue weighted by Crippen LogP contribution is 2.43. The van der Waals surface area contributed by atoms with E-state index in [1.54, 1.807) is 18.2 Å². The zero-order valence-corrected chi connectivity index (χ0v) is 15.6. The van der Waals surface area contributed by atoms with Crippen LogP contribution in [0.15, 0.2) is 41.0 Å². The Balaban J connectivity index is 1.92. The second-order valence-corrected chi connectivity index (χ2v) is 8.07. The Hall–Kier alpha value is -3.02. The number of benzene rings is 1. The van der Waals surface area contributed by atoms with E-state index < -0.39 is 17.4 Å². The van der Waals surface area contributed by atoms with Crippen molar-refractivity contribution in [2.75, 3.05) is 0 Å². The molecule has 0 bridgehead atoms. The van der Waals surface area contributed by atoms with Crippen LogP contribution in [0.3, 0.4) is 0 Å². The van der Waals surface area contributed by atoms with Gasteiger partial charge in [-0.3, -0.25) is 4.79 Å². The van der Waals surface area contributed by atoms with Crippen molar-refractivity contribution in [3.63, 3.8) is 0 Å². The molecule has 6 nitrogen and oxygen atoms in total. The summed E-state index contributed by atoms with van der Waals surface area (Å²) in [6, 6.07) is 8.34. The number of hydrogen-bond acceptors (Lipinski definition) is 4. The molecule has 6 heteroatoms. The molecule has 0 unspecified atom stereocenters. The summed E-state index contributed by atoms with van der Waals surface area (Å²) >= 11 is 0. The van der Waals surface area contributed by atoms with Crippen LogP contribution < -0.4 is 5.32 Å². The van der Waals surface area contributed by atoms with Crippen molar-refractivity contribution in [2.24, 2.45) is 0 Å². The maximum Gasteiger partial charge on any atom is 0.329 e. The molecule has 140 valence electrons. The summed E-state index contributed by atoms with van der Waals surface area (Å²) in [5, 5.41) is 14.2. The number of rotatable bonds is 3. The largest absolute Gasteiger partial charge is 0.494 e. The molecule has 1 amide bonds. The Labute approximate surface area is 156 Å². The quantitative estimate of drug-likeness (QED) is 0.673. The standard InChI is InChI=1S/C21H22N2O4/c1-21(2,3)22-20(26)23-15-9-8-13(12-6-7-12)11-14(15)17(19(23)25)18(24)16-5-4-10-27-16/h4-5,8-12,25H,6-7H2,1-3H3,(H,22,26). The molecule has 3 aromatic rings. The number of carbonyl (C=O) groups excluding carboxylic acids is 2. The van der Waals surface area contributed by atoms with Crippen molar-refractivity contribution in [2.45, 2.75) is 45.1 Å². The monoisotopic (exact) mass is 366 g/mol. The fourth-order valence-corrected chi connectivity index (χ4v) is 3.30. The van der Waals surface area contributed by atoms with Crippen molar-refractivity contribution in [3.05, 3.63) is 53.5 Å². The van der Waals surface area contributed by atoms with E-state index in [4.69, 9.17) is 4.42 Å². The predicted molar refractivity (Wildman–Crippen MR) is 101 cm³/mol. The number of furan rings is 1. The lowest BCUT2D eigenvalue weighted by molar-refractivity contribution is 0.101. The predicted octanol–water partition coefficient (Wildman–Crippen LogP) is 4.40. The Morgan fingerprint density at radius 2 is 1.96 bits per heavy atom. The maximum absolute atomic E-state index is 13.0. The Morgan fingerprint density at radius 1 is 1.22 bits per heavy atom. The average Bonchev–Trinajstić information content (AvgIpc) is 3.19. The average molecular weight is 366 g/mol. The molecule has 1 aliphatic carbocycles. The highest BCUT2D eigenvalue weighted by Gasteiger charge is 2.31. The molecule has 0 saturated heterocycles. The number of aromatic nitrogens is 1. The van der Waals surface area contributed by atoms with E-state index in [-0.39, 0.29) is 17.2 Å². The van der Waals surface area contributed by atoms with Crippen LogP contribution in [0.5, 0.6) is 5.88 Å². The van der Waals surface area contributed by atoms with Gasteiger partial charge in [0, 0.05) is 10.9 Å². The number of nitrogens with zero attached hydrogens (tertiary/aromatic N) is 1. The molecule has 1 aliphatic rings. The van der Waals surface area contributed by atoms with Gasteiger partial charge in [0.15, 0.2) is 5.76 Å². The zero-order chi connectivity index (χ0) is 19.3. The van der Waals surface area contributed by atoms with Gasteiger partial charge in [-0.1, -0.05) is 6.07 Å². The lowest BCUT2D eigenvalue weighted by Gasteiger charge is -2.21. The lowest BCUT2D eigenvalue weighted by atomic mass is 10.0. The number of nitrogens with one attached hydrogen (secondary N) is 1. The summed E-state index contributed by atoms with van der Waals surface area (Å²) in [7, 11) is 0. The van der Waals surface area contributed by atoms with Crippen molar-refractivity contribution in [1.29, 1.82) is 0 Å². The van der Waals surface area contributed by atoms with E-state index in [9.17, 15) is 14.7 Å². The minimum Gasteiger partial charge on any atom is -0.494 e. The second-order valence-electron chi connectivity index (χ2n) is 8.07. The first-order chi connectivity index (χ1) is 12.8. The summed E-state index contributed by atoms with van der Waals surface area (Å²) < 4.78 is 6.38. The fraction of sp³-hybridized carbons (Fsp3) is 0.333. The van der Waals surface area contributed by atoms with E-state index in [0.717, 1.165) is 23.0 Å². The summed E-state index contributed by atoms with van der Waals surface area (Å²) in [6.45, 7) is 5.56. The Bertz CT molecular complexity index is 1030. The maximum atomic E-state index is 13.0. The first kappa shape index (κ1) is 17.4. The third-order valence-corrected chi connectivity index (χ3v) is 4.67. The third-order valence-electron chi connectivity index (χ3n) is 4.67. The van der Waals surface area contributed by atoms with E-state index >= 15 is 0 Å². The topological polar surface area (TPSA) is 84.5 Å². The molecule has 1 aromatic carbocycles. The number of fused-ring (bicyclic) bond motifs is 1. The van der Waals surface area contributed by atoms with Crippen molar-refractivity contribution in [1.82, 2.24) is 9.88 Å². The number of ketones is 1. The van der Waals surface area contributed by atoms with Crippen LogP contribution in [0.4, 0.5) is 4.79 Å². The first-order valence-corrected chi connectivity index (χ1v) is 9.04. The molecule has 0 atom stereocenters. The van der Waals surface area contributed by atoms with Gasteiger partial charge in [-0.2, -0.15) is 0 Å². The number of hydrogen-bond donors (Lipinski definition) is 2. The van der Waals surface area contributed by atoms with Crippen LogP contribution in [0, 0.1) is 0 Å². The molecular weight excluding hydrogens is 344 g/mol. The van der Waals surface area contributed by atoms with Gasteiger partial charge in [-0.15, -0.1) is 0 Å². The summed E-state index contributed by atoms with van der Waals surface area (Å²) in [5.41, 5.74) is 1.21. The van der Waals surface area contributed by atoms with Crippen LogP contribution in [0.25, 0.3) is 10.9 Å². The van der Waals surface area contributed by atoms with Crippen LogP contribution in [0.1, 0.15) is 61.2 Å². The highest BCUT2D eigenvalue weighted by molar-refractivity contribution is 6.18. The van der Waals surface area contributed by atoms with E-state index in [1.807, 2.05) is 32.9 Å². The SMILES string of the molecule is CC(C)(C)NC(=O)n1c(O)c(C(=O)c2ccco2)c2cc(C3CC3)ccc21. The molecule has 4 rings (SSSR count). The van der Waals surface area contributed by atoms with Crippen LogP contribution in [-0.4, -0.2) is 27.0 Å². The minimum absolute atomic E-state index is 0.0894. The van der Waals surface area contributed by atoms with Crippen LogP contribution in [0.2, 0.25) is 0 Å². The molecule has 0 spiro atoms.